The minimum absolute atomic E-state index is 0.0571. The Balaban J connectivity index is 1.90. The molecule has 0 spiro atoms. The summed E-state index contributed by atoms with van der Waals surface area (Å²) in [6, 6.07) is 8.09. The number of hydrogen-bond donors (Lipinski definition) is 2. The highest BCUT2D eigenvalue weighted by Gasteiger charge is 2.12. The SMILES string of the molecule is COc1cc(CNc2ncnc3c(F)cccc23)cc(OC)c1O. The van der Waals surface area contributed by atoms with Crippen LogP contribution in [0.5, 0.6) is 17.2 Å². The zero-order chi connectivity index (χ0) is 17.1. The summed E-state index contributed by atoms with van der Waals surface area (Å²) >= 11 is 0. The van der Waals surface area contributed by atoms with Crippen molar-refractivity contribution in [1.29, 1.82) is 0 Å². The maximum Gasteiger partial charge on any atom is 0.200 e. The van der Waals surface area contributed by atoms with Crippen molar-refractivity contribution in [2.24, 2.45) is 0 Å². The molecule has 0 bridgehead atoms. The summed E-state index contributed by atoms with van der Waals surface area (Å²) in [6.07, 6.45) is 1.31. The number of benzene rings is 2. The Morgan fingerprint density at radius 2 is 1.83 bits per heavy atom. The number of aromatic nitrogens is 2. The van der Waals surface area contributed by atoms with Gasteiger partial charge in [0.25, 0.3) is 0 Å². The fourth-order valence-electron chi connectivity index (χ4n) is 2.43. The first-order valence-corrected chi connectivity index (χ1v) is 7.21. The summed E-state index contributed by atoms with van der Waals surface area (Å²) in [7, 11) is 2.93. The molecular formula is C17H16FN3O3. The normalized spacial score (nSPS) is 10.6. The summed E-state index contributed by atoms with van der Waals surface area (Å²) in [6.45, 7) is 0.385. The van der Waals surface area contributed by atoms with E-state index in [-0.39, 0.29) is 11.3 Å². The highest BCUT2D eigenvalue weighted by molar-refractivity contribution is 5.89. The highest BCUT2D eigenvalue weighted by Crippen LogP contribution is 2.37. The van der Waals surface area contributed by atoms with E-state index in [1.54, 1.807) is 24.3 Å². The molecule has 2 N–H and O–H groups in total. The standard InChI is InChI=1S/C17H16FN3O3/c1-23-13-6-10(7-14(24-2)16(13)22)8-19-17-11-4-3-5-12(18)15(11)20-9-21-17/h3-7,9,22H,8H2,1-2H3,(H,19,20,21). The molecule has 0 saturated heterocycles. The zero-order valence-electron chi connectivity index (χ0n) is 13.2. The number of aromatic hydroxyl groups is 1. The number of methoxy groups -OCH3 is 2. The van der Waals surface area contributed by atoms with Gasteiger partial charge in [-0.05, 0) is 29.8 Å². The van der Waals surface area contributed by atoms with E-state index in [1.807, 2.05) is 0 Å². The molecule has 3 rings (SSSR count). The van der Waals surface area contributed by atoms with Crippen LogP contribution >= 0.6 is 0 Å². The van der Waals surface area contributed by atoms with Crippen LogP contribution in [0.2, 0.25) is 0 Å². The second-order valence-corrected chi connectivity index (χ2v) is 5.06. The van der Waals surface area contributed by atoms with E-state index in [4.69, 9.17) is 9.47 Å². The van der Waals surface area contributed by atoms with Gasteiger partial charge in [0.15, 0.2) is 11.5 Å². The Morgan fingerprint density at radius 1 is 1.12 bits per heavy atom. The Labute approximate surface area is 137 Å². The van der Waals surface area contributed by atoms with Crippen molar-refractivity contribution < 1.29 is 19.0 Å². The first-order valence-electron chi connectivity index (χ1n) is 7.21. The van der Waals surface area contributed by atoms with Crippen molar-refractivity contribution >= 4 is 16.7 Å². The molecule has 0 radical (unpaired) electrons. The third kappa shape index (κ3) is 2.88. The summed E-state index contributed by atoms with van der Waals surface area (Å²) in [4.78, 5) is 8.13. The van der Waals surface area contributed by atoms with Crippen molar-refractivity contribution in [2.75, 3.05) is 19.5 Å². The number of rotatable bonds is 5. The third-order valence-corrected chi connectivity index (χ3v) is 3.62. The molecular weight excluding hydrogens is 313 g/mol. The number of hydrogen-bond acceptors (Lipinski definition) is 6. The zero-order valence-corrected chi connectivity index (χ0v) is 13.2. The molecule has 6 nitrogen and oxygen atoms in total. The number of para-hydroxylation sites is 1. The number of halogens is 1. The molecule has 0 aliphatic heterocycles. The van der Waals surface area contributed by atoms with Gasteiger partial charge in [-0.2, -0.15) is 0 Å². The first-order chi connectivity index (χ1) is 11.6. The van der Waals surface area contributed by atoms with Gasteiger partial charge in [-0.25, -0.2) is 14.4 Å². The van der Waals surface area contributed by atoms with Crippen molar-refractivity contribution in [3.05, 3.63) is 48.0 Å². The maximum atomic E-state index is 13.8. The fourth-order valence-corrected chi connectivity index (χ4v) is 2.43. The molecule has 0 saturated carbocycles. The Kier molecular flexibility index (Phi) is 4.33. The fraction of sp³-hybridized carbons (Fsp3) is 0.176. The summed E-state index contributed by atoms with van der Waals surface area (Å²) < 4.78 is 24.1. The molecule has 0 aliphatic carbocycles. The molecule has 1 aromatic heterocycles. The smallest absolute Gasteiger partial charge is 0.200 e. The van der Waals surface area contributed by atoms with Crippen LogP contribution in [0.3, 0.4) is 0 Å². The molecule has 0 unspecified atom stereocenters. The Hall–Kier alpha value is -3.09. The van der Waals surface area contributed by atoms with Gasteiger partial charge in [-0.1, -0.05) is 6.07 Å². The van der Waals surface area contributed by atoms with E-state index in [0.717, 1.165) is 5.56 Å². The van der Waals surface area contributed by atoms with Crippen molar-refractivity contribution in [2.45, 2.75) is 6.54 Å². The average molecular weight is 329 g/mol. The molecule has 2 aromatic carbocycles. The van der Waals surface area contributed by atoms with Crippen LogP contribution < -0.4 is 14.8 Å². The summed E-state index contributed by atoms with van der Waals surface area (Å²) in [5.41, 5.74) is 1.07. The van der Waals surface area contributed by atoms with E-state index in [9.17, 15) is 9.50 Å². The van der Waals surface area contributed by atoms with Gasteiger partial charge in [0.05, 0.1) is 14.2 Å². The molecule has 0 fully saturated rings. The van der Waals surface area contributed by atoms with E-state index in [0.29, 0.717) is 29.2 Å². The van der Waals surface area contributed by atoms with E-state index in [1.165, 1.54) is 26.6 Å². The van der Waals surface area contributed by atoms with Gasteiger partial charge in [0, 0.05) is 11.9 Å². The number of nitrogens with one attached hydrogen (secondary N) is 1. The van der Waals surface area contributed by atoms with Crippen LogP contribution in [0.25, 0.3) is 10.9 Å². The van der Waals surface area contributed by atoms with E-state index >= 15 is 0 Å². The predicted molar refractivity (Wildman–Crippen MR) is 88.0 cm³/mol. The lowest BCUT2D eigenvalue weighted by molar-refractivity contribution is 0.339. The van der Waals surface area contributed by atoms with E-state index in [2.05, 4.69) is 15.3 Å². The number of fused-ring (bicyclic) bond motifs is 1. The van der Waals surface area contributed by atoms with Crippen LogP contribution in [-0.2, 0) is 6.54 Å². The molecule has 7 heteroatoms. The van der Waals surface area contributed by atoms with Gasteiger partial charge in [-0.15, -0.1) is 0 Å². The number of nitrogens with zero attached hydrogens (tertiary/aromatic N) is 2. The molecule has 1 heterocycles. The van der Waals surface area contributed by atoms with Crippen molar-refractivity contribution in [3.63, 3.8) is 0 Å². The predicted octanol–water partition coefficient (Wildman–Crippen LogP) is 3.10. The molecule has 3 aromatic rings. The van der Waals surface area contributed by atoms with Crippen LogP contribution in [-0.4, -0.2) is 29.3 Å². The topological polar surface area (TPSA) is 76.5 Å². The van der Waals surface area contributed by atoms with Crippen LogP contribution in [0, 0.1) is 5.82 Å². The lowest BCUT2D eigenvalue weighted by Crippen LogP contribution is -2.04. The summed E-state index contributed by atoms with van der Waals surface area (Å²) in [5.74, 6) is 0.684. The highest BCUT2D eigenvalue weighted by atomic mass is 19.1. The van der Waals surface area contributed by atoms with Crippen molar-refractivity contribution in [3.8, 4) is 17.2 Å². The van der Waals surface area contributed by atoms with Crippen LogP contribution in [0.15, 0.2) is 36.7 Å². The number of phenols is 1. The minimum Gasteiger partial charge on any atom is -0.502 e. The monoisotopic (exact) mass is 329 g/mol. The average Bonchev–Trinajstić information content (AvgIpc) is 2.61. The number of ether oxygens (including phenoxy) is 2. The van der Waals surface area contributed by atoms with Gasteiger partial charge >= 0.3 is 0 Å². The number of phenolic OH excluding ortho intramolecular Hbond substituents is 1. The Morgan fingerprint density at radius 3 is 2.50 bits per heavy atom. The molecule has 124 valence electrons. The number of anilines is 1. The van der Waals surface area contributed by atoms with Crippen molar-refractivity contribution in [1.82, 2.24) is 9.97 Å². The lowest BCUT2D eigenvalue weighted by atomic mass is 10.1. The largest absolute Gasteiger partial charge is 0.502 e. The van der Waals surface area contributed by atoms with Crippen LogP contribution in [0.4, 0.5) is 10.2 Å². The third-order valence-electron chi connectivity index (χ3n) is 3.62. The van der Waals surface area contributed by atoms with Gasteiger partial charge in [0.1, 0.15) is 23.5 Å². The van der Waals surface area contributed by atoms with Gasteiger partial charge < -0.3 is 19.9 Å². The second-order valence-electron chi connectivity index (χ2n) is 5.06. The first kappa shape index (κ1) is 15.8. The lowest BCUT2D eigenvalue weighted by Gasteiger charge is -2.13. The molecule has 0 aliphatic rings. The summed E-state index contributed by atoms with van der Waals surface area (Å²) in [5, 5.41) is 13.7. The molecule has 24 heavy (non-hydrogen) atoms. The van der Waals surface area contributed by atoms with E-state index < -0.39 is 5.82 Å². The van der Waals surface area contributed by atoms with Gasteiger partial charge in [-0.3, -0.25) is 0 Å². The second kappa shape index (κ2) is 6.57. The van der Waals surface area contributed by atoms with Gasteiger partial charge in [0.2, 0.25) is 5.75 Å². The quantitative estimate of drug-likeness (QED) is 0.749. The van der Waals surface area contributed by atoms with Crippen LogP contribution in [0.1, 0.15) is 5.56 Å². The minimum atomic E-state index is -0.397. The molecule has 0 atom stereocenters. The Bertz CT molecular complexity index is 861. The maximum absolute atomic E-state index is 13.8. The molecule has 0 amide bonds.